The number of thioether (sulfide) groups is 1. The maximum Gasteiger partial charge on any atom is 0.263 e. The van der Waals surface area contributed by atoms with E-state index < -0.39 is 0 Å². The second-order valence-electron chi connectivity index (χ2n) is 6.50. The van der Waals surface area contributed by atoms with Crippen molar-refractivity contribution in [3.8, 4) is 11.5 Å². The van der Waals surface area contributed by atoms with Crippen molar-refractivity contribution < 1.29 is 14.3 Å². The van der Waals surface area contributed by atoms with Crippen LogP contribution in [0.2, 0.25) is 0 Å². The van der Waals surface area contributed by atoms with Crippen LogP contribution in [0.3, 0.4) is 0 Å². The minimum absolute atomic E-state index is 0.148. The van der Waals surface area contributed by atoms with Crippen LogP contribution in [0.1, 0.15) is 37.3 Å². The van der Waals surface area contributed by atoms with Gasteiger partial charge in [0.1, 0.15) is 29.0 Å². The van der Waals surface area contributed by atoms with Gasteiger partial charge in [0.2, 0.25) is 0 Å². The molecule has 1 amide bonds. The lowest BCUT2D eigenvalue weighted by Gasteiger charge is -2.11. The Balaban J connectivity index is 1.45. The number of carbonyl (C=O) groups excluding carboxylic acids is 1. The number of amides is 1. The summed E-state index contributed by atoms with van der Waals surface area (Å²) in [4.78, 5) is 12.3. The first-order valence-electron chi connectivity index (χ1n) is 9.25. The molecule has 1 atom stereocenters. The lowest BCUT2D eigenvalue weighted by molar-refractivity contribution is -0.115. The van der Waals surface area contributed by atoms with Gasteiger partial charge in [0.05, 0.1) is 4.91 Å². The highest BCUT2D eigenvalue weighted by Gasteiger charge is 2.21. The van der Waals surface area contributed by atoms with Gasteiger partial charge in [0, 0.05) is 0 Å². The zero-order valence-electron chi connectivity index (χ0n) is 15.9. The Kier molecular flexibility index (Phi) is 7.12. The summed E-state index contributed by atoms with van der Waals surface area (Å²) in [6, 6.07) is 15.8. The van der Waals surface area contributed by atoms with Crippen LogP contribution >= 0.6 is 24.0 Å². The van der Waals surface area contributed by atoms with Crippen LogP contribution < -0.4 is 14.8 Å². The van der Waals surface area contributed by atoms with Gasteiger partial charge in [-0.1, -0.05) is 62.1 Å². The number of hydrogen-bond donors (Lipinski definition) is 1. The number of thiocarbonyl (C=S) groups is 1. The minimum atomic E-state index is -0.148. The summed E-state index contributed by atoms with van der Waals surface area (Å²) in [5.74, 6) is 2.03. The monoisotopic (exact) mass is 413 g/mol. The van der Waals surface area contributed by atoms with Crippen LogP contribution in [0.5, 0.6) is 11.5 Å². The molecule has 0 radical (unpaired) electrons. The maximum atomic E-state index is 11.7. The molecule has 0 saturated carbocycles. The Labute approximate surface area is 175 Å². The third-order valence-corrected chi connectivity index (χ3v) is 5.66. The molecule has 1 heterocycles. The molecule has 0 spiro atoms. The second kappa shape index (κ2) is 9.75. The van der Waals surface area contributed by atoms with E-state index in [0.29, 0.717) is 28.4 Å². The van der Waals surface area contributed by atoms with E-state index in [9.17, 15) is 4.79 Å². The SMILES string of the molecule is CC[C@H](C)c1ccc(OCCOc2ccc(/C=C3/SC(=S)NC3=O)cc2)cc1. The zero-order valence-corrected chi connectivity index (χ0v) is 17.6. The van der Waals surface area contributed by atoms with Crippen molar-refractivity contribution in [3.63, 3.8) is 0 Å². The Bertz CT molecular complexity index is 860. The van der Waals surface area contributed by atoms with Crippen LogP contribution in [0, 0.1) is 0 Å². The topological polar surface area (TPSA) is 47.6 Å². The molecule has 3 rings (SSSR count). The predicted molar refractivity (Wildman–Crippen MR) is 119 cm³/mol. The molecular weight excluding hydrogens is 390 g/mol. The third-order valence-electron chi connectivity index (χ3n) is 4.50. The number of nitrogens with one attached hydrogen (secondary N) is 1. The fourth-order valence-electron chi connectivity index (χ4n) is 2.68. The number of ether oxygens (including phenoxy) is 2. The summed E-state index contributed by atoms with van der Waals surface area (Å²) in [6.45, 7) is 5.35. The molecule has 2 aromatic carbocycles. The van der Waals surface area contributed by atoms with Gasteiger partial charge >= 0.3 is 0 Å². The highest BCUT2D eigenvalue weighted by molar-refractivity contribution is 8.26. The van der Waals surface area contributed by atoms with Gasteiger partial charge in [-0.05, 0) is 53.8 Å². The molecule has 0 aliphatic carbocycles. The Morgan fingerprint density at radius 2 is 1.61 bits per heavy atom. The van der Waals surface area contributed by atoms with E-state index in [0.717, 1.165) is 23.5 Å². The number of rotatable bonds is 8. The molecule has 6 heteroatoms. The molecule has 1 aliphatic rings. The van der Waals surface area contributed by atoms with Crippen molar-refractivity contribution >= 4 is 40.3 Å². The molecule has 4 nitrogen and oxygen atoms in total. The summed E-state index contributed by atoms with van der Waals surface area (Å²) >= 11 is 6.26. The largest absolute Gasteiger partial charge is 0.490 e. The lowest BCUT2D eigenvalue weighted by Crippen LogP contribution is -2.17. The van der Waals surface area contributed by atoms with Crippen LogP contribution in [0.4, 0.5) is 0 Å². The lowest BCUT2D eigenvalue weighted by atomic mass is 9.99. The number of benzene rings is 2. The van der Waals surface area contributed by atoms with Gasteiger partial charge in [0.15, 0.2) is 0 Å². The summed E-state index contributed by atoms with van der Waals surface area (Å²) in [5, 5.41) is 2.61. The van der Waals surface area contributed by atoms with E-state index in [4.69, 9.17) is 21.7 Å². The van der Waals surface area contributed by atoms with Gasteiger partial charge in [-0.15, -0.1) is 0 Å². The molecule has 0 unspecified atom stereocenters. The molecule has 146 valence electrons. The highest BCUT2D eigenvalue weighted by Crippen LogP contribution is 2.26. The Hall–Kier alpha value is -2.31. The fraction of sp³-hybridized carbons (Fsp3) is 0.273. The second-order valence-corrected chi connectivity index (χ2v) is 8.22. The quantitative estimate of drug-likeness (QED) is 0.369. The van der Waals surface area contributed by atoms with E-state index in [1.165, 1.54) is 17.3 Å². The third kappa shape index (κ3) is 5.59. The normalized spacial score (nSPS) is 16.1. The van der Waals surface area contributed by atoms with E-state index in [-0.39, 0.29) is 5.91 Å². The van der Waals surface area contributed by atoms with Gasteiger partial charge in [-0.25, -0.2) is 0 Å². The van der Waals surface area contributed by atoms with Crippen LogP contribution in [0.15, 0.2) is 53.4 Å². The molecule has 2 aromatic rings. The highest BCUT2D eigenvalue weighted by atomic mass is 32.2. The van der Waals surface area contributed by atoms with Crippen LogP contribution in [-0.2, 0) is 4.79 Å². The molecule has 0 aromatic heterocycles. The van der Waals surface area contributed by atoms with Crippen LogP contribution in [-0.4, -0.2) is 23.4 Å². The van der Waals surface area contributed by atoms with Gasteiger partial charge < -0.3 is 14.8 Å². The summed E-state index contributed by atoms with van der Waals surface area (Å²) in [6.07, 6.45) is 2.94. The number of carbonyl (C=O) groups is 1. The number of hydrogen-bond acceptors (Lipinski definition) is 5. The molecule has 28 heavy (non-hydrogen) atoms. The average Bonchev–Trinajstić information content (AvgIpc) is 3.03. The van der Waals surface area contributed by atoms with E-state index in [1.54, 1.807) is 0 Å². The van der Waals surface area contributed by atoms with Crippen molar-refractivity contribution in [1.29, 1.82) is 0 Å². The average molecular weight is 414 g/mol. The Morgan fingerprint density at radius 3 is 2.11 bits per heavy atom. The summed E-state index contributed by atoms with van der Waals surface area (Å²) in [5.41, 5.74) is 2.25. The first-order chi connectivity index (χ1) is 13.5. The molecule has 1 fully saturated rings. The van der Waals surface area contributed by atoms with Gasteiger partial charge in [0.25, 0.3) is 5.91 Å². The summed E-state index contributed by atoms with van der Waals surface area (Å²) in [7, 11) is 0. The Morgan fingerprint density at radius 1 is 1.04 bits per heavy atom. The molecule has 0 bridgehead atoms. The maximum absolute atomic E-state index is 11.7. The van der Waals surface area contributed by atoms with E-state index >= 15 is 0 Å². The van der Waals surface area contributed by atoms with Crippen LogP contribution in [0.25, 0.3) is 6.08 Å². The molecule has 1 saturated heterocycles. The van der Waals surface area contributed by atoms with Gasteiger partial charge in [-0.2, -0.15) is 0 Å². The van der Waals surface area contributed by atoms with E-state index in [1.807, 2.05) is 42.5 Å². The minimum Gasteiger partial charge on any atom is -0.490 e. The molecular formula is C22H23NO3S2. The predicted octanol–water partition coefficient (Wildman–Crippen LogP) is 5.15. The van der Waals surface area contributed by atoms with E-state index in [2.05, 4.69) is 31.3 Å². The van der Waals surface area contributed by atoms with Crippen molar-refractivity contribution in [2.24, 2.45) is 0 Å². The van der Waals surface area contributed by atoms with Gasteiger partial charge in [-0.3, -0.25) is 4.79 Å². The zero-order chi connectivity index (χ0) is 19.9. The molecule has 1 aliphatic heterocycles. The standard InChI is InChI=1S/C22H23NO3S2/c1-3-15(2)17-6-10-19(11-7-17)26-13-12-25-18-8-4-16(5-9-18)14-20-21(24)23-22(27)28-20/h4-11,14-15H,3,12-13H2,1-2H3,(H,23,24,27)/b20-14+/t15-/m0/s1. The smallest absolute Gasteiger partial charge is 0.263 e. The van der Waals surface area contributed by atoms with Crippen molar-refractivity contribution in [1.82, 2.24) is 5.32 Å². The van der Waals surface area contributed by atoms with Crippen molar-refractivity contribution in [2.45, 2.75) is 26.2 Å². The summed E-state index contributed by atoms with van der Waals surface area (Å²) < 4.78 is 11.9. The molecule has 1 N–H and O–H groups in total. The first kappa shape index (κ1) is 20.4. The fourth-order valence-corrected chi connectivity index (χ4v) is 3.72. The first-order valence-corrected chi connectivity index (χ1v) is 10.5. The van der Waals surface area contributed by atoms with Crippen molar-refractivity contribution in [3.05, 3.63) is 64.6 Å². The van der Waals surface area contributed by atoms with Crippen molar-refractivity contribution in [2.75, 3.05) is 13.2 Å².